The molecule has 0 amide bonds. The number of pyridine rings is 1. The van der Waals surface area contributed by atoms with E-state index in [1.54, 1.807) is 7.11 Å². The van der Waals surface area contributed by atoms with Crippen LogP contribution in [0.1, 0.15) is 0 Å². The van der Waals surface area contributed by atoms with Crippen LogP contribution in [0.2, 0.25) is 0 Å². The number of methoxy groups -OCH3 is 1. The van der Waals surface area contributed by atoms with E-state index in [2.05, 4.69) is 50.5 Å². The van der Waals surface area contributed by atoms with Crippen LogP contribution in [-0.4, -0.2) is 48.9 Å². The lowest BCUT2D eigenvalue weighted by atomic mass is 10.1. The van der Waals surface area contributed by atoms with Crippen LogP contribution in [0.4, 0.5) is 11.6 Å². The van der Waals surface area contributed by atoms with Gasteiger partial charge in [0.05, 0.1) is 24.0 Å². The summed E-state index contributed by atoms with van der Waals surface area (Å²) in [6.45, 7) is 1.36. The van der Waals surface area contributed by atoms with Crippen molar-refractivity contribution in [2.24, 2.45) is 7.05 Å². The van der Waals surface area contributed by atoms with Crippen molar-refractivity contribution in [2.75, 3.05) is 44.6 Å². The van der Waals surface area contributed by atoms with Gasteiger partial charge >= 0.3 is 0 Å². The molecule has 0 atom stereocenters. The first-order valence-corrected chi connectivity index (χ1v) is 7.93. The van der Waals surface area contributed by atoms with Gasteiger partial charge in [-0.05, 0) is 18.2 Å². The van der Waals surface area contributed by atoms with E-state index < -0.39 is 0 Å². The molecule has 3 aromatic rings. The molecule has 0 aliphatic carbocycles. The first-order valence-electron chi connectivity index (χ1n) is 7.93. The molecule has 0 saturated carbocycles. The first-order chi connectivity index (χ1) is 11.6. The van der Waals surface area contributed by atoms with Gasteiger partial charge in [0.2, 0.25) is 5.95 Å². The maximum absolute atomic E-state index is 5.07. The Morgan fingerprint density at radius 1 is 1.25 bits per heavy atom. The van der Waals surface area contributed by atoms with Gasteiger partial charge in [0.25, 0.3) is 0 Å². The molecular weight excluding hydrogens is 302 g/mol. The van der Waals surface area contributed by atoms with Gasteiger partial charge in [-0.1, -0.05) is 12.1 Å². The van der Waals surface area contributed by atoms with Crippen molar-refractivity contribution >= 4 is 22.7 Å². The molecule has 0 spiro atoms. The van der Waals surface area contributed by atoms with Gasteiger partial charge in [0.15, 0.2) is 0 Å². The fraction of sp³-hybridized carbons (Fsp3) is 0.333. The lowest BCUT2D eigenvalue weighted by Gasteiger charge is -2.13. The number of rotatable bonds is 6. The van der Waals surface area contributed by atoms with E-state index in [-0.39, 0.29) is 0 Å². The summed E-state index contributed by atoms with van der Waals surface area (Å²) >= 11 is 0. The zero-order valence-electron chi connectivity index (χ0n) is 14.6. The van der Waals surface area contributed by atoms with Crippen LogP contribution >= 0.6 is 0 Å². The molecule has 24 heavy (non-hydrogen) atoms. The van der Waals surface area contributed by atoms with E-state index in [0.29, 0.717) is 6.61 Å². The average molecular weight is 325 g/mol. The van der Waals surface area contributed by atoms with Gasteiger partial charge in [-0.25, -0.2) is 4.98 Å². The number of aryl methyl sites for hydroxylation is 1. The summed E-state index contributed by atoms with van der Waals surface area (Å²) in [6, 6.07) is 10.4. The Bertz CT molecular complexity index is 841. The van der Waals surface area contributed by atoms with Crippen LogP contribution < -0.4 is 10.2 Å². The lowest BCUT2D eigenvalue weighted by molar-refractivity contribution is 0.210. The Balaban J connectivity index is 1.96. The van der Waals surface area contributed by atoms with Crippen LogP contribution in [0.3, 0.4) is 0 Å². The van der Waals surface area contributed by atoms with Gasteiger partial charge in [-0.2, -0.15) is 0 Å². The zero-order valence-corrected chi connectivity index (χ0v) is 14.6. The quantitative estimate of drug-likeness (QED) is 0.706. The highest BCUT2D eigenvalue weighted by Crippen LogP contribution is 2.26. The average Bonchev–Trinajstić information content (AvgIpc) is 2.91. The minimum Gasteiger partial charge on any atom is -0.383 e. The maximum atomic E-state index is 5.07. The van der Waals surface area contributed by atoms with E-state index >= 15 is 0 Å². The van der Waals surface area contributed by atoms with Crippen molar-refractivity contribution in [3.05, 3.63) is 36.5 Å². The van der Waals surface area contributed by atoms with Crippen molar-refractivity contribution in [1.29, 1.82) is 0 Å². The highest BCUT2D eigenvalue weighted by atomic mass is 16.5. The van der Waals surface area contributed by atoms with Crippen LogP contribution in [0.5, 0.6) is 0 Å². The maximum Gasteiger partial charge on any atom is 0.203 e. The monoisotopic (exact) mass is 325 g/mol. The fourth-order valence-corrected chi connectivity index (χ4v) is 2.62. The van der Waals surface area contributed by atoms with Crippen molar-refractivity contribution in [2.45, 2.75) is 0 Å². The molecule has 0 aliphatic rings. The second-order valence-corrected chi connectivity index (χ2v) is 5.92. The van der Waals surface area contributed by atoms with Crippen molar-refractivity contribution < 1.29 is 4.74 Å². The molecule has 1 aromatic carbocycles. The third-order valence-electron chi connectivity index (χ3n) is 4.01. The predicted molar refractivity (Wildman–Crippen MR) is 98.6 cm³/mol. The number of aromatic nitrogens is 3. The topological polar surface area (TPSA) is 55.2 Å². The number of hydrogen-bond acceptors (Lipinski definition) is 5. The van der Waals surface area contributed by atoms with Gasteiger partial charge in [0, 0.05) is 46.0 Å². The largest absolute Gasteiger partial charge is 0.383 e. The normalized spacial score (nSPS) is 11.0. The molecule has 126 valence electrons. The number of ether oxygens (including phenoxy) is 1. The van der Waals surface area contributed by atoms with Crippen molar-refractivity contribution in [1.82, 2.24) is 14.5 Å². The molecule has 6 heteroatoms. The number of hydrogen-bond donors (Lipinski definition) is 1. The minimum absolute atomic E-state index is 0.643. The molecule has 0 saturated heterocycles. The smallest absolute Gasteiger partial charge is 0.203 e. The molecule has 3 rings (SSSR count). The number of anilines is 2. The molecule has 2 heterocycles. The summed E-state index contributed by atoms with van der Waals surface area (Å²) in [4.78, 5) is 11.3. The summed E-state index contributed by atoms with van der Waals surface area (Å²) in [5.74, 6) is 0.822. The Kier molecular flexibility index (Phi) is 4.66. The molecule has 0 fully saturated rings. The molecule has 0 radical (unpaired) electrons. The zero-order chi connectivity index (χ0) is 17.1. The number of nitrogens with one attached hydrogen (secondary N) is 1. The number of nitrogens with zero attached hydrogens (tertiary/aromatic N) is 4. The highest BCUT2D eigenvalue weighted by Gasteiger charge is 2.10. The molecule has 0 aliphatic heterocycles. The number of benzene rings is 1. The van der Waals surface area contributed by atoms with E-state index in [1.165, 1.54) is 0 Å². The van der Waals surface area contributed by atoms with Crippen LogP contribution in [0.15, 0.2) is 36.5 Å². The Morgan fingerprint density at radius 2 is 2.08 bits per heavy atom. The third-order valence-corrected chi connectivity index (χ3v) is 4.01. The molecule has 2 aromatic heterocycles. The summed E-state index contributed by atoms with van der Waals surface area (Å²) in [5, 5.41) is 3.28. The van der Waals surface area contributed by atoms with Crippen LogP contribution in [0.25, 0.3) is 22.3 Å². The summed E-state index contributed by atoms with van der Waals surface area (Å²) in [5.41, 5.74) is 5.12. The lowest BCUT2D eigenvalue weighted by Crippen LogP contribution is -2.10. The van der Waals surface area contributed by atoms with Gasteiger partial charge in [0.1, 0.15) is 5.52 Å². The third kappa shape index (κ3) is 3.19. The van der Waals surface area contributed by atoms with E-state index in [0.717, 1.165) is 40.5 Å². The first kappa shape index (κ1) is 16.3. The summed E-state index contributed by atoms with van der Waals surface area (Å²) in [7, 11) is 7.77. The van der Waals surface area contributed by atoms with Crippen LogP contribution in [0, 0.1) is 0 Å². The minimum atomic E-state index is 0.643. The van der Waals surface area contributed by atoms with E-state index in [1.807, 2.05) is 31.9 Å². The number of imidazole rings is 1. The second-order valence-electron chi connectivity index (χ2n) is 5.92. The van der Waals surface area contributed by atoms with Crippen molar-refractivity contribution in [3.63, 3.8) is 0 Å². The molecule has 1 N–H and O–H groups in total. The van der Waals surface area contributed by atoms with Gasteiger partial charge in [-0.15, -0.1) is 0 Å². The standard InChI is InChI=1S/C18H23N5O/c1-22(2)14-7-5-6-13(10-14)15-11-17-16(12-20-15)21-18(23(17)3)19-8-9-24-4/h5-7,10-12H,8-9H2,1-4H3,(H,19,21). The fourth-order valence-electron chi connectivity index (χ4n) is 2.62. The summed E-state index contributed by atoms with van der Waals surface area (Å²) in [6.07, 6.45) is 1.83. The molecule has 0 unspecified atom stereocenters. The predicted octanol–water partition coefficient (Wildman–Crippen LogP) is 2.76. The molecule has 6 nitrogen and oxygen atoms in total. The Hall–Kier alpha value is -2.60. The van der Waals surface area contributed by atoms with E-state index in [4.69, 9.17) is 4.74 Å². The van der Waals surface area contributed by atoms with Crippen LogP contribution in [-0.2, 0) is 11.8 Å². The van der Waals surface area contributed by atoms with Gasteiger partial charge < -0.3 is 19.5 Å². The highest BCUT2D eigenvalue weighted by molar-refractivity contribution is 5.82. The number of fused-ring (bicyclic) bond motifs is 1. The SMILES string of the molecule is COCCNc1nc2cnc(-c3cccc(N(C)C)c3)cc2n1C. The van der Waals surface area contributed by atoms with E-state index in [9.17, 15) is 0 Å². The summed E-state index contributed by atoms with van der Waals surface area (Å²) < 4.78 is 7.12. The second kappa shape index (κ2) is 6.88. The molecular formula is C18H23N5O. The Labute approximate surface area is 142 Å². The molecule has 0 bridgehead atoms. The Morgan fingerprint density at radius 3 is 2.83 bits per heavy atom. The van der Waals surface area contributed by atoms with Crippen molar-refractivity contribution in [3.8, 4) is 11.3 Å². The van der Waals surface area contributed by atoms with Gasteiger partial charge in [-0.3, -0.25) is 4.98 Å².